The van der Waals surface area contributed by atoms with E-state index in [-0.39, 0.29) is 5.88 Å². The molecule has 0 spiro atoms. The van der Waals surface area contributed by atoms with Crippen LogP contribution in [0.15, 0.2) is 48.7 Å². The lowest BCUT2D eigenvalue weighted by Crippen LogP contribution is -2.17. The van der Waals surface area contributed by atoms with Gasteiger partial charge in [0.1, 0.15) is 5.75 Å². The molecule has 0 unspecified atom stereocenters. The normalized spacial score (nSPS) is 11.1. The molecule has 0 aliphatic rings. The maximum atomic E-state index is 12.2. The average molecular weight is 255 g/mol. The SMILES string of the molecule is FC(F)(F)Oc1cccnc1Oc1ccccc1. The monoisotopic (exact) mass is 255 g/mol. The molecule has 0 saturated heterocycles. The number of hydrogen-bond donors (Lipinski definition) is 0. The van der Waals surface area contributed by atoms with E-state index in [2.05, 4.69) is 9.72 Å². The number of halogens is 3. The molecule has 94 valence electrons. The molecule has 0 N–H and O–H groups in total. The van der Waals surface area contributed by atoms with Crippen molar-refractivity contribution in [1.82, 2.24) is 4.98 Å². The van der Waals surface area contributed by atoms with Crippen LogP contribution in [-0.4, -0.2) is 11.3 Å². The Morgan fingerprint density at radius 1 is 0.944 bits per heavy atom. The number of aromatic nitrogens is 1. The third-order valence-corrected chi connectivity index (χ3v) is 1.92. The Hall–Kier alpha value is -2.24. The van der Waals surface area contributed by atoms with Crippen LogP contribution in [0.2, 0.25) is 0 Å². The summed E-state index contributed by atoms with van der Waals surface area (Å²) in [4.78, 5) is 3.71. The molecule has 0 bridgehead atoms. The van der Waals surface area contributed by atoms with Crippen LogP contribution in [-0.2, 0) is 0 Å². The molecule has 0 saturated carbocycles. The van der Waals surface area contributed by atoms with Crippen molar-refractivity contribution in [3.8, 4) is 17.4 Å². The van der Waals surface area contributed by atoms with Gasteiger partial charge in [0.15, 0.2) is 5.75 Å². The zero-order valence-corrected chi connectivity index (χ0v) is 9.02. The second-order valence-electron chi connectivity index (χ2n) is 3.27. The molecule has 0 radical (unpaired) electrons. The minimum atomic E-state index is -4.78. The van der Waals surface area contributed by atoms with Crippen molar-refractivity contribution in [2.45, 2.75) is 6.36 Å². The van der Waals surface area contributed by atoms with Gasteiger partial charge in [-0.1, -0.05) is 18.2 Å². The summed E-state index contributed by atoms with van der Waals surface area (Å²) in [6, 6.07) is 10.8. The molecule has 0 atom stereocenters. The zero-order valence-electron chi connectivity index (χ0n) is 9.02. The summed E-state index contributed by atoms with van der Waals surface area (Å²) < 4.78 is 45.5. The van der Waals surface area contributed by atoms with E-state index in [1.54, 1.807) is 30.3 Å². The van der Waals surface area contributed by atoms with Crippen LogP contribution in [0.5, 0.6) is 17.4 Å². The molecule has 1 aromatic carbocycles. The molecule has 6 heteroatoms. The average Bonchev–Trinajstić information content (AvgIpc) is 2.31. The number of nitrogens with zero attached hydrogens (tertiary/aromatic N) is 1. The van der Waals surface area contributed by atoms with E-state index in [0.717, 1.165) is 6.07 Å². The van der Waals surface area contributed by atoms with Gasteiger partial charge in [-0.05, 0) is 24.3 Å². The summed E-state index contributed by atoms with van der Waals surface area (Å²) in [6.07, 6.45) is -3.46. The summed E-state index contributed by atoms with van der Waals surface area (Å²) in [7, 11) is 0. The van der Waals surface area contributed by atoms with Gasteiger partial charge in [-0.2, -0.15) is 0 Å². The minimum Gasteiger partial charge on any atom is -0.436 e. The van der Waals surface area contributed by atoms with Crippen molar-refractivity contribution >= 4 is 0 Å². The number of hydrogen-bond acceptors (Lipinski definition) is 3. The largest absolute Gasteiger partial charge is 0.573 e. The fourth-order valence-electron chi connectivity index (χ4n) is 1.26. The van der Waals surface area contributed by atoms with Gasteiger partial charge in [0.05, 0.1) is 0 Å². The molecule has 2 rings (SSSR count). The number of ether oxygens (including phenoxy) is 2. The lowest BCUT2D eigenvalue weighted by molar-refractivity contribution is -0.275. The number of rotatable bonds is 3. The second-order valence-corrected chi connectivity index (χ2v) is 3.27. The predicted octanol–water partition coefficient (Wildman–Crippen LogP) is 3.77. The van der Waals surface area contributed by atoms with Crippen molar-refractivity contribution in [1.29, 1.82) is 0 Å². The lowest BCUT2D eigenvalue weighted by atomic mass is 10.3. The molecule has 0 aliphatic carbocycles. The number of alkyl halides is 3. The molecule has 1 heterocycles. The van der Waals surface area contributed by atoms with Gasteiger partial charge < -0.3 is 9.47 Å². The lowest BCUT2D eigenvalue weighted by Gasteiger charge is -2.12. The smallest absolute Gasteiger partial charge is 0.436 e. The van der Waals surface area contributed by atoms with E-state index in [4.69, 9.17) is 4.74 Å². The van der Waals surface area contributed by atoms with E-state index in [0.29, 0.717) is 5.75 Å². The Morgan fingerprint density at radius 3 is 2.33 bits per heavy atom. The minimum absolute atomic E-state index is 0.235. The summed E-state index contributed by atoms with van der Waals surface area (Å²) in [5, 5.41) is 0. The van der Waals surface area contributed by atoms with E-state index in [1.165, 1.54) is 12.3 Å². The Labute approximate surface area is 101 Å². The van der Waals surface area contributed by atoms with Gasteiger partial charge in [-0.15, -0.1) is 13.2 Å². The summed E-state index contributed by atoms with van der Waals surface area (Å²) in [5.74, 6) is -0.335. The number of para-hydroxylation sites is 1. The molecule has 0 aliphatic heterocycles. The molecule has 18 heavy (non-hydrogen) atoms. The predicted molar refractivity (Wildman–Crippen MR) is 57.4 cm³/mol. The molecule has 3 nitrogen and oxygen atoms in total. The first-order valence-electron chi connectivity index (χ1n) is 4.98. The highest BCUT2D eigenvalue weighted by Crippen LogP contribution is 2.32. The van der Waals surface area contributed by atoms with Crippen molar-refractivity contribution in [3.05, 3.63) is 48.7 Å². The van der Waals surface area contributed by atoms with Crippen LogP contribution in [0.25, 0.3) is 0 Å². The van der Waals surface area contributed by atoms with Gasteiger partial charge >= 0.3 is 6.36 Å². The second kappa shape index (κ2) is 4.95. The van der Waals surface area contributed by atoms with Crippen molar-refractivity contribution in [2.24, 2.45) is 0 Å². The molecule has 2 aromatic rings. The van der Waals surface area contributed by atoms with Gasteiger partial charge in [-0.25, -0.2) is 4.98 Å². The first-order valence-corrected chi connectivity index (χ1v) is 4.98. The van der Waals surface area contributed by atoms with E-state index in [1.807, 2.05) is 0 Å². The topological polar surface area (TPSA) is 31.4 Å². The van der Waals surface area contributed by atoms with Gasteiger partial charge in [0.2, 0.25) is 0 Å². The highest BCUT2D eigenvalue weighted by atomic mass is 19.4. The maximum absolute atomic E-state index is 12.2. The molecule has 0 fully saturated rings. The fraction of sp³-hybridized carbons (Fsp3) is 0.0833. The third-order valence-electron chi connectivity index (χ3n) is 1.92. The van der Waals surface area contributed by atoms with Gasteiger partial charge in [0.25, 0.3) is 5.88 Å². The summed E-state index contributed by atoms with van der Waals surface area (Å²) in [5.41, 5.74) is 0. The van der Waals surface area contributed by atoms with Gasteiger partial charge in [-0.3, -0.25) is 0 Å². The molecule has 1 aromatic heterocycles. The van der Waals surface area contributed by atoms with Crippen LogP contribution >= 0.6 is 0 Å². The van der Waals surface area contributed by atoms with Crippen molar-refractivity contribution in [3.63, 3.8) is 0 Å². The summed E-state index contributed by atoms with van der Waals surface area (Å²) in [6.45, 7) is 0. The van der Waals surface area contributed by atoms with E-state index < -0.39 is 12.1 Å². The quantitative estimate of drug-likeness (QED) is 0.836. The van der Waals surface area contributed by atoms with Crippen LogP contribution in [0, 0.1) is 0 Å². The number of benzene rings is 1. The standard InChI is InChI=1S/C12H8F3NO2/c13-12(14,15)18-10-7-4-8-16-11(10)17-9-5-2-1-3-6-9/h1-8H. The Kier molecular flexibility index (Phi) is 3.36. The number of pyridine rings is 1. The van der Waals surface area contributed by atoms with E-state index in [9.17, 15) is 13.2 Å². The van der Waals surface area contributed by atoms with E-state index >= 15 is 0 Å². The van der Waals surface area contributed by atoms with Crippen LogP contribution < -0.4 is 9.47 Å². The highest BCUT2D eigenvalue weighted by molar-refractivity contribution is 5.36. The summed E-state index contributed by atoms with van der Waals surface area (Å²) >= 11 is 0. The van der Waals surface area contributed by atoms with Crippen LogP contribution in [0.3, 0.4) is 0 Å². The Morgan fingerprint density at radius 2 is 1.67 bits per heavy atom. The molecular weight excluding hydrogens is 247 g/mol. The first-order chi connectivity index (χ1) is 8.54. The molecular formula is C12H8F3NO2. The van der Waals surface area contributed by atoms with Crippen molar-refractivity contribution < 1.29 is 22.6 Å². The highest BCUT2D eigenvalue weighted by Gasteiger charge is 2.32. The zero-order chi connectivity index (χ0) is 13.0. The van der Waals surface area contributed by atoms with Crippen LogP contribution in [0.1, 0.15) is 0 Å². The fourth-order valence-corrected chi connectivity index (χ4v) is 1.26. The van der Waals surface area contributed by atoms with Crippen molar-refractivity contribution in [2.75, 3.05) is 0 Å². The third kappa shape index (κ3) is 3.38. The molecule has 0 amide bonds. The van der Waals surface area contributed by atoms with Gasteiger partial charge in [0, 0.05) is 6.20 Å². The first kappa shape index (κ1) is 12.2. The van der Waals surface area contributed by atoms with Crippen LogP contribution in [0.4, 0.5) is 13.2 Å². The Bertz CT molecular complexity index is 514. The maximum Gasteiger partial charge on any atom is 0.573 e. The Balaban J connectivity index is 2.23.